The molecule has 1 fully saturated rings. The molecule has 0 saturated heterocycles. The van der Waals surface area contributed by atoms with Crippen LogP contribution in [-0.4, -0.2) is 54.2 Å². The fraction of sp³-hybridized carbons (Fsp3) is 0.533. The number of phenols is 1. The van der Waals surface area contributed by atoms with Crippen molar-refractivity contribution in [2.24, 2.45) is 0 Å². The van der Waals surface area contributed by atoms with Crippen LogP contribution in [-0.2, 0) is 27.2 Å². The number of aryl methyl sites for hydroxylation is 1. The number of hydrogen-bond acceptors (Lipinski definition) is 5. The monoisotopic (exact) mass is 508 g/mol. The Kier molecular flexibility index (Phi) is 10.2. The molecule has 0 spiro atoms. The van der Waals surface area contributed by atoms with Crippen molar-refractivity contribution in [1.82, 2.24) is 4.90 Å². The van der Waals surface area contributed by atoms with Crippen LogP contribution in [0.15, 0.2) is 42.5 Å². The van der Waals surface area contributed by atoms with Gasteiger partial charge < -0.3 is 24.8 Å². The number of anilines is 1. The molecule has 0 atom stereocenters. The smallest absolute Gasteiger partial charge is 0.262 e. The number of nitrogens with zero attached hydrogens (tertiary/aromatic N) is 1. The molecule has 1 aliphatic carbocycles. The van der Waals surface area contributed by atoms with E-state index in [0.717, 1.165) is 57.1 Å². The lowest BCUT2D eigenvalue weighted by Crippen LogP contribution is -2.42. The molecule has 2 aromatic carbocycles. The van der Waals surface area contributed by atoms with E-state index < -0.39 is 0 Å². The van der Waals surface area contributed by atoms with Crippen molar-refractivity contribution in [3.8, 4) is 11.5 Å². The highest BCUT2D eigenvalue weighted by molar-refractivity contribution is 5.97. The third-order valence-electron chi connectivity index (χ3n) is 7.35. The summed E-state index contributed by atoms with van der Waals surface area (Å²) in [6.07, 6.45) is 10.9. The first-order valence-corrected chi connectivity index (χ1v) is 13.8. The zero-order valence-corrected chi connectivity index (χ0v) is 21.8. The van der Waals surface area contributed by atoms with Gasteiger partial charge in [-0.05, 0) is 55.7 Å². The highest BCUT2D eigenvalue weighted by Crippen LogP contribution is 2.39. The summed E-state index contributed by atoms with van der Waals surface area (Å²) in [7, 11) is 0. The first-order valence-electron chi connectivity index (χ1n) is 13.8. The minimum Gasteiger partial charge on any atom is -0.506 e. The maximum atomic E-state index is 13.2. The Labute approximate surface area is 220 Å². The molecule has 37 heavy (non-hydrogen) atoms. The SMILES string of the molecule is O=C1COc2c(CCCCCN(C(=O)CCOCCc3ccccc3)C3CCCCC3)ccc(O)c2N1. The lowest BCUT2D eigenvalue weighted by atomic mass is 9.93. The number of phenolic OH excluding ortho intramolecular Hbond substituents is 1. The van der Waals surface area contributed by atoms with Gasteiger partial charge in [0.15, 0.2) is 12.4 Å². The van der Waals surface area contributed by atoms with E-state index in [9.17, 15) is 14.7 Å². The third kappa shape index (κ3) is 7.96. The highest BCUT2D eigenvalue weighted by atomic mass is 16.5. The van der Waals surface area contributed by atoms with Crippen molar-refractivity contribution >= 4 is 17.5 Å². The van der Waals surface area contributed by atoms with Gasteiger partial charge in [-0.3, -0.25) is 9.59 Å². The van der Waals surface area contributed by atoms with Crippen molar-refractivity contribution in [2.75, 3.05) is 31.7 Å². The van der Waals surface area contributed by atoms with E-state index in [1.165, 1.54) is 24.8 Å². The number of carbonyl (C=O) groups is 2. The van der Waals surface area contributed by atoms with E-state index in [2.05, 4.69) is 22.3 Å². The summed E-state index contributed by atoms with van der Waals surface area (Å²) in [6.45, 7) is 1.86. The van der Waals surface area contributed by atoms with Gasteiger partial charge in [0.2, 0.25) is 5.91 Å². The summed E-state index contributed by atoms with van der Waals surface area (Å²) in [5.74, 6) is 0.556. The Morgan fingerprint density at radius 2 is 1.81 bits per heavy atom. The average Bonchev–Trinajstić information content (AvgIpc) is 2.92. The number of nitrogens with one attached hydrogen (secondary N) is 1. The quantitative estimate of drug-likeness (QED) is 0.285. The predicted molar refractivity (Wildman–Crippen MR) is 144 cm³/mol. The molecule has 0 bridgehead atoms. The van der Waals surface area contributed by atoms with Gasteiger partial charge in [0.05, 0.1) is 19.6 Å². The van der Waals surface area contributed by atoms with Crippen LogP contribution in [0.3, 0.4) is 0 Å². The number of rotatable bonds is 13. The normalized spacial score (nSPS) is 15.5. The highest BCUT2D eigenvalue weighted by Gasteiger charge is 2.25. The van der Waals surface area contributed by atoms with Crippen LogP contribution in [0.4, 0.5) is 5.69 Å². The van der Waals surface area contributed by atoms with Gasteiger partial charge in [-0.25, -0.2) is 0 Å². The summed E-state index contributed by atoms with van der Waals surface area (Å²) in [6, 6.07) is 14.1. The molecule has 0 unspecified atom stereocenters. The molecule has 2 amide bonds. The molecular formula is C30H40N2O5. The number of benzene rings is 2. The van der Waals surface area contributed by atoms with Gasteiger partial charge in [-0.1, -0.05) is 62.1 Å². The van der Waals surface area contributed by atoms with Gasteiger partial charge in [0, 0.05) is 12.6 Å². The number of fused-ring (bicyclic) bond motifs is 1. The van der Waals surface area contributed by atoms with Crippen LogP contribution in [0.2, 0.25) is 0 Å². The lowest BCUT2D eigenvalue weighted by Gasteiger charge is -2.34. The first kappa shape index (κ1) is 27.0. The van der Waals surface area contributed by atoms with Crippen molar-refractivity contribution < 1.29 is 24.2 Å². The Morgan fingerprint density at radius 3 is 2.62 bits per heavy atom. The summed E-state index contributed by atoms with van der Waals surface area (Å²) < 4.78 is 11.4. The van der Waals surface area contributed by atoms with E-state index in [-0.39, 0.29) is 24.2 Å². The van der Waals surface area contributed by atoms with E-state index in [1.807, 2.05) is 24.3 Å². The third-order valence-corrected chi connectivity index (χ3v) is 7.35. The largest absolute Gasteiger partial charge is 0.506 e. The van der Waals surface area contributed by atoms with Crippen molar-refractivity contribution in [1.29, 1.82) is 0 Å². The van der Waals surface area contributed by atoms with Gasteiger partial charge in [0.1, 0.15) is 11.4 Å². The summed E-state index contributed by atoms with van der Waals surface area (Å²) in [5.41, 5.74) is 2.61. The van der Waals surface area contributed by atoms with Crippen LogP contribution in [0, 0.1) is 0 Å². The maximum Gasteiger partial charge on any atom is 0.262 e. The fourth-order valence-electron chi connectivity index (χ4n) is 5.33. The zero-order valence-electron chi connectivity index (χ0n) is 21.8. The van der Waals surface area contributed by atoms with E-state index in [1.54, 1.807) is 6.07 Å². The van der Waals surface area contributed by atoms with Gasteiger partial charge >= 0.3 is 0 Å². The molecule has 4 rings (SSSR count). The van der Waals surface area contributed by atoms with Gasteiger partial charge in [-0.2, -0.15) is 0 Å². The summed E-state index contributed by atoms with van der Waals surface area (Å²) >= 11 is 0. The Bertz CT molecular complexity index is 1020. The summed E-state index contributed by atoms with van der Waals surface area (Å²) in [4.78, 5) is 26.9. The second kappa shape index (κ2) is 14.0. The fourth-order valence-corrected chi connectivity index (χ4v) is 5.33. The molecule has 1 saturated carbocycles. The number of carbonyl (C=O) groups excluding carboxylic acids is 2. The molecule has 1 heterocycles. The Morgan fingerprint density at radius 1 is 1.00 bits per heavy atom. The number of hydrogen-bond donors (Lipinski definition) is 2. The van der Waals surface area contributed by atoms with Gasteiger partial charge in [0.25, 0.3) is 5.91 Å². The lowest BCUT2D eigenvalue weighted by molar-refractivity contribution is -0.135. The number of ether oxygens (including phenoxy) is 2. The van der Waals surface area contributed by atoms with Crippen LogP contribution >= 0.6 is 0 Å². The molecular weight excluding hydrogens is 468 g/mol. The predicted octanol–water partition coefficient (Wildman–Crippen LogP) is 5.25. The van der Waals surface area contributed by atoms with E-state index in [4.69, 9.17) is 9.47 Å². The van der Waals surface area contributed by atoms with Crippen LogP contribution in [0.5, 0.6) is 11.5 Å². The maximum absolute atomic E-state index is 13.2. The molecule has 7 nitrogen and oxygen atoms in total. The molecule has 2 aromatic rings. The minimum atomic E-state index is -0.256. The van der Waals surface area contributed by atoms with Crippen LogP contribution in [0.1, 0.15) is 68.9 Å². The van der Waals surface area contributed by atoms with Gasteiger partial charge in [-0.15, -0.1) is 0 Å². The molecule has 2 aliphatic rings. The van der Waals surface area contributed by atoms with Crippen LogP contribution < -0.4 is 10.1 Å². The van der Waals surface area contributed by atoms with Crippen molar-refractivity contribution in [2.45, 2.75) is 76.7 Å². The van der Waals surface area contributed by atoms with Crippen LogP contribution in [0.25, 0.3) is 0 Å². The Balaban J connectivity index is 1.21. The molecule has 0 radical (unpaired) electrons. The number of amides is 2. The molecule has 7 heteroatoms. The number of aromatic hydroxyl groups is 1. The number of unbranched alkanes of at least 4 members (excludes halogenated alkanes) is 2. The topological polar surface area (TPSA) is 88.1 Å². The molecule has 2 N–H and O–H groups in total. The van der Waals surface area contributed by atoms with Crippen molar-refractivity contribution in [3.63, 3.8) is 0 Å². The molecule has 1 aliphatic heterocycles. The molecule has 0 aromatic heterocycles. The second-order valence-corrected chi connectivity index (χ2v) is 10.1. The standard InChI is InChI=1S/C30H40N2O5/c33-26-16-15-24(30-29(26)31-27(34)22-37-30)12-6-3-9-19-32(25-13-7-2-8-14-25)28(35)18-21-36-20-17-23-10-4-1-5-11-23/h1,4-5,10-11,15-16,25,33H,2-3,6-9,12-14,17-22H2,(H,31,34). The zero-order chi connectivity index (χ0) is 25.9. The molecule has 200 valence electrons. The van der Waals surface area contributed by atoms with E-state index >= 15 is 0 Å². The van der Waals surface area contributed by atoms with E-state index in [0.29, 0.717) is 37.1 Å². The van der Waals surface area contributed by atoms with Crippen molar-refractivity contribution in [3.05, 3.63) is 53.6 Å². The Hall–Kier alpha value is -3.06. The average molecular weight is 509 g/mol. The minimum absolute atomic E-state index is 0.0254. The summed E-state index contributed by atoms with van der Waals surface area (Å²) in [5, 5.41) is 12.7. The first-order chi connectivity index (χ1) is 18.1. The second-order valence-electron chi connectivity index (χ2n) is 10.1.